The van der Waals surface area contributed by atoms with Crippen molar-refractivity contribution in [1.29, 1.82) is 0 Å². The average Bonchev–Trinajstić information content (AvgIpc) is 2.43. The molecule has 0 saturated heterocycles. The summed E-state index contributed by atoms with van der Waals surface area (Å²) in [5.41, 5.74) is 2.03. The molecule has 5 nitrogen and oxygen atoms in total. The molecule has 0 unspecified atom stereocenters. The fourth-order valence-corrected chi connectivity index (χ4v) is 2.26. The second kappa shape index (κ2) is 8.37. The lowest BCUT2D eigenvalue weighted by molar-refractivity contribution is -0.143. The lowest BCUT2D eigenvalue weighted by Crippen LogP contribution is -2.27. The molecule has 25 heavy (non-hydrogen) atoms. The van der Waals surface area contributed by atoms with Crippen molar-refractivity contribution in [3.05, 3.63) is 29.3 Å². The van der Waals surface area contributed by atoms with Gasteiger partial charge in [0, 0.05) is 12.1 Å². The fraction of sp³-hybridized carbons (Fsp3) is 0.600. The third kappa shape index (κ3) is 7.59. The molecule has 0 spiro atoms. The third-order valence-corrected chi connectivity index (χ3v) is 3.52. The number of carbonyl (C=O) groups is 2. The molecule has 1 aromatic rings. The number of hydrogen-bond donors (Lipinski definition) is 1. The number of carbonyl (C=O) groups excluding carboxylic acids is 2. The minimum absolute atomic E-state index is 0.0516. The Morgan fingerprint density at radius 3 is 2.24 bits per heavy atom. The van der Waals surface area contributed by atoms with Gasteiger partial charge in [-0.05, 0) is 56.7 Å². The number of ether oxygens (including phenoxy) is 2. The summed E-state index contributed by atoms with van der Waals surface area (Å²) < 4.78 is 10.3. The molecular formula is C20H31NO4. The van der Waals surface area contributed by atoms with Gasteiger partial charge in [-0.25, -0.2) is 4.79 Å². The molecule has 0 bridgehead atoms. The van der Waals surface area contributed by atoms with E-state index in [9.17, 15) is 9.59 Å². The highest BCUT2D eigenvalue weighted by Gasteiger charge is 2.20. The summed E-state index contributed by atoms with van der Waals surface area (Å²) in [4.78, 5) is 23.8. The van der Waals surface area contributed by atoms with E-state index in [1.807, 2.05) is 39.0 Å². The Morgan fingerprint density at radius 1 is 1.08 bits per heavy atom. The predicted molar refractivity (Wildman–Crippen MR) is 100.0 cm³/mol. The lowest BCUT2D eigenvalue weighted by Gasteiger charge is -2.23. The minimum Gasteiger partial charge on any atom is -0.466 e. The van der Waals surface area contributed by atoms with Gasteiger partial charge in [-0.3, -0.25) is 10.1 Å². The van der Waals surface area contributed by atoms with Crippen LogP contribution in [0, 0.1) is 0 Å². The van der Waals surface area contributed by atoms with Crippen LogP contribution < -0.4 is 5.32 Å². The van der Waals surface area contributed by atoms with E-state index in [1.54, 1.807) is 6.92 Å². The largest absolute Gasteiger partial charge is 0.466 e. The van der Waals surface area contributed by atoms with Gasteiger partial charge in [0.2, 0.25) is 0 Å². The van der Waals surface area contributed by atoms with Crippen LogP contribution in [0.5, 0.6) is 0 Å². The number of rotatable bonds is 5. The molecule has 5 heteroatoms. The molecular weight excluding hydrogens is 318 g/mol. The van der Waals surface area contributed by atoms with Crippen LogP contribution in [0.1, 0.15) is 66.0 Å². The monoisotopic (exact) mass is 349 g/mol. The SMILES string of the molecule is CCOC(=O)CCc1ccc(C(C)(C)C)cc1NC(=O)OC(C)(C)C. The summed E-state index contributed by atoms with van der Waals surface area (Å²) >= 11 is 0. The van der Waals surface area contributed by atoms with E-state index in [-0.39, 0.29) is 17.8 Å². The van der Waals surface area contributed by atoms with E-state index < -0.39 is 11.7 Å². The molecule has 0 heterocycles. The number of esters is 1. The fourth-order valence-electron chi connectivity index (χ4n) is 2.26. The summed E-state index contributed by atoms with van der Waals surface area (Å²) in [6.07, 6.45) is 0.260. The Hall–Kier alpha value is -2.04. The van der Waals surface area contributed by atoms with Gasteiger partial charge in [-0.2, -0.15) is 0 Å². The maximum absolute atomic E-state index is 12.2. The molecule has 1 N–H and O–H groups in total. The Kier molecular flexibility index (Phi) is 7.03. The van der Waals surface area contributed by atoms with Crippen molar-refractivity contribution >= 4 is 17.7 Å². The smallest absolute Gasteiger partial charge is 0.412 e. The van der Waals surface area contributed by atoms with Crippen molar-refractivity contribution in [3.8, 4) is 0 Å². The molecule has 1 rings (SSSR count). The minimum atomic E-state index is -0.573. The number of hydrogen-bond acceptors (Lipinski definition) is 4. The summed E-state index contributed by atoms with van der Waals surface area (Å²) in [6, 6.07) is 5.93. The summed E-state index contributed by atoms with van der Waals surface area (Å²) in [5, 5.41) is 2.82. The van der Waals surface area contributed by atoms with Gasteiger partial charge in [0.25, 0.3) is 0 Å². The molecule has 0 aliphatic rings. The number of aryl methyl sites for hydroxylation is 1. The normalized spacial score (nSPS) is 11.8. The molecule has 0 atom stereocenters. The van der Waals surface area contributed by atoms with E-state index in [0.717, 1.165) is 11.1 Å². The van der Waals surface area contributed by atoms with Gasteiger partial charge in [0.1, 0.15) is 5.60 Å². The van der Waals surface area contributed by atoms with Crippen molar-refractivity contribution < 1.29 is 19.1 Å². The van der Waals surface area contributed by atoms with Crippen molar-refractivity contribution in [2.75, 3.05) is 11.9 Å². The topological polar surface area (TPSA) is 64.6 Å². The van der Waals surface area contributed by atoms with Crippen molar-refractivity contribution in [2.45, 2.75) is 72.3 Å². The van der Waals surface area contributed by atoms with Crippen LogP contribution in [0.4, 0.5) is 10.5 Å². The highest BCUT2D eigenvalue weighted by molar-refractivity contribution is 5.86. The van der Waals surface area contributed by atoms with Crippen molar-refractivity contribution in [2.24, 2.45) is 0 Å². The van der Waals surface area contributed by atoms with Gasteiger partial charge in [0.15, 0.2) is 0 Å². The van der Waals surface area contributed by atoms with E-state index in [4.69, 9.17) is 9.47 Å². The standard InChI is InChI=1S/C20H31NO4/c1-8-24-17(22)12-10-14-9-11-15(19(2,3)4)13-16(14)21-18(23)25-20(5,6)7/h9,11,13H,8,10,12H2,1-7H3,(H,21,23). The van der Waals surface area contributed by atoms with E-state index >= 15 is 0 Å². The van der Waals surface area contributed by atoms with Crippen molar-refractivity contribution in [3.63, 3.8) is 0 Å². The highest BCUT2D eigenvalue weighted by Crippen LogP contribution is 2.28. The molecule has 1 amide bonds. The highest BCUT2D eigenvalue weighted by atomic mass is 16.6. The van der Waals surface area contributed by atoms with Crippen LogP contribution in [0.15, 0.2) is 18.2 Å². The lowest BCUT2D eigenvalue weighted by atomic mass is 9.86. The molecule has 140 valence electrons. The van der Waals surface area contributed by atoms with Gasteiger partial charge >= 0.3 is 12.1 Å². The van der Waals surface area contributed by atoms with E-state index in [0.29, 0.717) is 18.7 Å². The van der Waals surface area contributed by atoms with Gasteiger partial charge < -0.3 is 9.47 Å². The molecule has 0 radical (unpaired) electrons. The zero-order chi connectivity index (χ0) is 19.3. The van der Waals surface area contributed by atoms with Gasteiger partial charge in [-0.15, -0.1) is 0 Å². The second-order valence-corrected chi connectivity index (χ2v) is 8.05. The Morgan fingerprint density at radius 2 is 1.72 bits per heavy atom. The Labute approximate surface area is 151 Å². The molecule has 0 aliphatic heterocycles. The first-order chi connectivity index (χ1) is 11.4. The number of benzene rings is 1. The summed E-state index contributed by atoms with van der Waals surface area (Å²) in [6.45, 7) is 13.9. The van der Waals surface area contributed by atoms with E-state index in [1.165, 1.54) is 0 Å². The maximum atomic E-state index is 12.2. The maximum Gasteiger partial charge on any atom is 0.412 e. The molecule has 0 aliphatic carbocycles. The molecule has 0 aromatic heterocycles. The van der Waals surface area contributed by atoms with Crippen molar-refractivity contribution in [1.82, 2.24) is 0 Å². The Balaban J connectivity index is 3.02. The van der Waals surface area contributed by atoms with Crippen LogP contribution in [-0.2, 0) is 26.1 Å². The zero-order valence-electron chi connectivity index (χ0n) is 16.5. The van der Waals surface area contributed by atoms with Crippen LogP contribution in [-0.4, -0.2) is 24.3 Å². The summed E-state index contributed by atoms with van der Waals surface area (Å²) in [5.74, 6) is -0.245. The predicted octanol–water partition coefficient (Wildman–Crippen LogP) is 4.83. The van der Waals surface area contributed by atoms with Crippen LogP contribution in [0.3, 0.4) is 0 Å². The number of anilines is 1. The first-order valence-electron chi connectivity index (χ1n) is 8.71. The first kappa shape index (κ1) is 21.0. The summed E-state index contributed by atoms with van der Waals surface area (Å²) in [7, 11) is 0. The Bertz CT molecular complexity index is 609. The van der Waals surface area contributed by atoms with Crippen LogP contribution >= 0.6 is 0 Å². The van der Waals surface area contributed by atoms with Gasteiger partial charge in [-0.1, -0.05) is 32.9 Å². The molecule has 0 saturated carbocycles. The van der Waals surface area contributed by atoms with Gasteiger partial charge in [0.05, 0.1) is 6.61 Å². The average molecular weight is 349 g/mol. The van der Waals surface area contributed by atoms with E-state index in [2.05, 4.69) is 26.1 Å². The first-order valence-corrected chi connectivity index (χ1v) is 8.71. The molecule has 1 aromatic carbocycles. The second-order valence-electron chi connectivity index (χ2n) is 8.05. The van der Waals surface area contributed by atoms with Crippen LogP contribution in [0.2, 0.25) is 0 Å². The quantitative estimate of drug-likeness (QED) is 0.774. The van der Waals surface area contributed by atoms with Crippen LogP contribution in [0.25, 0.3) is 0 Å². The number of amides is 1. The third-order valence-electron chi connectivity index (χ3n) is 3.52. The zero-order valence-corrected chi connectivity index (χ0v) is 16.5. The molecule has 0 fully saturated rings. The number of nitrogens with one attached hydrogen (secondary N) is 1.